The van der Waals surface area contributed by atoms with Gasteiger partial charge in [0.05, 0.1) is 17.6 Å². The highest BCUT2D eigenvalue weighted by atomic mass is 32.2. The maximum atomic E-state index is 12.9. The molecule has 0 saturated carbocycles. The molecule has 39 heavy (non-hydrogen) atoms. The van der Waals surface area contributed by atoms with Gasteiger partial charge in [-0.15, -0.1) is 11.3 Å². The number of methoxy groups -OCH3 is 1. The van der Waals surface area contributed by atoms with Crippen LogP contribution in [0, 0.1) is 6.92 Å². The van der Waals surface area contributed by atoms with Gasteiger partial charge in [-0.2, -0.15) is 0 Å². The highest BCUT2D eigenvalue weighted by molar-refractivity contribution is 8.26. The van der Waals surface area contributed by atoms with Crippen molar-refractivity contribution in [2.24, 2.45) is 0 Å². The van der Waals surface area contributed by atoms with E-state index in [-0.39, 0.29) is 11.8 Å². The summed E-state index contributed by atoms with van der Waals surface area (Å²) in [5, 5.41) is 3.51. The Balaban J connectivity index is 1.17. The van der Waals surface area contributed by atoms with Crippen molar-refractivity contribution in [1.82, 2.24) is 9.88 Å². The van der Waals surface area contributed by atoms with Gasteiger partial charge in [-0.1, -0.05) is 72.4 Å². The summed E-state index contributed by atoms with van der Waals surface area (Å²) >= 11 is 8.19. The molecule has 4 rings (SSSR count). The number of rotatable bonds is 11. The number of thioether (sulfide) groups is 1. The van der Waals surface area contributed by atoms with Gasteiger partial charge in [0.2, 0.25) is 5.91 Å². The number of hydrogen-bond donors (Lipinski definition) is 1. The number of carbonyl (C=O) groups is 3. The smallest absolute Gasteiger partial charge is 0.337 e. The molecule has 1 saturated heterocycles. The van der Waals surface area contributed by atoms with Gasteiger partial charge in [-0.05, 0) is 49.1 Å². The van der Waals surface area contributed by atoms with Gasteiger partial charge in [0.15, 0.2) is 5.13 Å². The second kappa shape index (κ2) is 13.6. The van der Waals surface area contributed by atoms with Gasteiger partial charge in [-0.25, -0.2) is 9.78 Å². The predicted molar refractivity (Wildman–Crippen MR) is 161 cm³/mol. The quantitative estimate of drug-likeness (QED) is 0.125. The number of thiocarbonyl (C=S) groups is 1. The zero-order chi connectivity index (χ0) is 27.8. The molecule has 3 aromatic rings. The minimum atomic E-state index is -0.406. The third-order valence-electron chi connectivity index (χ3n) is 6.09. The molecule has 0 atom stereocenters. The fourth-order valence-electron chi connectivity index (χ4n) is 3.95. The van der Waals surface area contributed by atoms with Crippen LogP contribution in [0.2, 0.25) is 0 Å². The molecule has 0 radical (unpaired) electrons. The van der Waals surface area contributed by atoms with Crippen molar-refractivity contribution >= 4 is 68.6 Å². The molecule has 2 aromatic carbocycles. The van der Waals surface area contributed by atoms with Crippen molar-refractivity contribution in [3.63, 3.8) is 0 Å². The molecule has 10 heteroatoms. The van der Waals surface area contributed by atoms with E-state index in [1.165, 1.54) is 41.3 Å². The number of nitrogens with zero attached hydrogens (tertiary/aromatic N) is 2. The fourth-order valence-corrected chi connectivity index (χ4v) is 6.12. The average Bonchev–Trinajstić information content (AvgIpc) is 3.47. The van der Waals surface area contributed by atoms with Crippen LogP contribution in [0.4, 0.5) is 5.13 Å². The number of esters is 1. The summed E-state index contributed by atoms with van der Waals surface area (Å²) in [7, 11) is 1.34. The molecule has 1 fully saturated rings. The number of nitrogens with one attached hydrogen (secondary N) is 1. The predicted octanol–water partition coefficient (Wildman–Crippen LogP) is 6.23. The van der Waals surface area contributed by atoms with Crippen molar-refractivity contribution in [3.8, 4) is 0 Å². The molecular weight excluding hydrogens is 551 g/mol. The van der Waals surface area contributed by atoms with Gasteiger partial charge in [0.1, 0.15) is 4.32 Å². The van der Waals surface area contributed by atoms with Crippen LogP contribution in [0.1, 0.15) is 57.6 Å². The lowest BCUT2D eigenvalue weighted by Crippen LogP contribution is -2.29. The molecule has 2 heterocycles. The molecule has 0 bridgehead atoms. The third kappa shape index (κ3) is 8.08. The molecule has 1 aromatic heterocycles. The van der Waals surface area contributed by atoms with Crippen LogP contribution >= 0.6 is 35.3 Å². The number of carbonyl (C=O) groups excluding carboxylic acids is 3. The number of benzene rings is 2. The van der Waals surface area contributed by atoms with Gasteiger partial charge in [0, 0.05) is 30.5 Å². The first-order valence-electron chi connectivity index (χ1n) is 12.6. The number of aryl methyl sites for hydroxylation is 1. The van der Waals surface area contributed by atoms with Gasteiger partial charge >= 0.3 is 5.97 Å². The molecular formula is C29H29N3O4S3. The normalized spacial score (nSPS) is 14.2. The van der Waals surface area contributed by atoms with E-state index in [4.69, 9.17) is 17.0 Å². The maximum absolute atomic E-state index is 12.9. The average molecular weight is 580 g/mol. The summed E-state index contributed by atoms with van der Waals surface area (Å²) in [6.07, 6.45) is 7.04. The topological polar surface area (TPSA) is 88.6 Å². The summed E-state index contributed by atoms with van der Waals surface area (Å²) in [5.74, 6) is -0.584. The second-order valence-electron chi connectivity index (χ2n) is 9.10. The van der Waals surface area contributed by atoms with E-state index in [0.29, 0.717) is 39.3 Å². The van der Waals surface area contributed by atoms with Crippen LogP contribution in [0.3, 0.4) is 0 Å². The third-order valence-corrected chi connectivity index (χ3v) is 8.38. The molecule has 202 valence electrons. The minimum absolute atomic E-state index is 0.0574. The van der Waals surface area contributed by atoms with E-state index >= 15 is 0 Å². The largest absolute Gasteiger partial charge is 0.465 e. The number of anilines is 1. The lowest BCUT2D eigenvalue weighted by Gasteiger charge is -2.14. The number of amides is 2. The lowest BCUT2D eigenvalue weighted by atomic mass is 10.1. The summed E-state index contributed by atoms with van der Waals surface area (Å²) < 4.78 is 5.24. The van der Waals surface area contributed by atoms with Gasteiger partial charge in [-0.3, -0.25) is 14.5 Å². The van der Waals surface area contributed by atoms with E-state index in [1.807, 2.05) is 6.20 Å². The van der Waals surface area contributed by atoms with E-state index in [0.717, 1.165) is 29.7 Å². The molecule has 0 aliphatic carbocycles. The molecule has 1 aliphatic heterocycles. The van der Waals surface area contributed by atoms with Crippen molar-refractivity contribution in [3.05, 3.63) is 86.8 Å². The first-order valence-corrected chi connectivity index (χ1v) is 14.6. The summed E-state index contributed by atoms with van der Waals surface area (Å²) in [5.41, 5.74) is 3.70. The SMILES string of the molecule is COC(=O)c1ccc(C=C2SC(=S)N(CCCCCC(=O)Nc3ncc(Cc4ccc(C)cc4)s3)C2=O)cc1. The Morgan fingerprint density at radius 1 is 1.08 bits per heavy atom. The number of ether oxygens (including phenoxy) is 1. The van der Waals surface area contributed by atoms with Crippen molar-refractivity contribution in [2.45, 2.75) is 39.0 Å². The van der Waals surface area contributed by atoms with Crippen molar-refractivity contribution in [1.29, 1.82) is 0 Å². The van der Waals surface area contributed by atoms with E-state index < -0.39 is 5.97 Å². The first kappa shape index (κ1) is 28.7. The van der Waals surface area contributed by atoms with Crippen LogP contribution in [-0.4, -0.2) is 45.6 Å². The minimum Gasteiger partial charge on any atom is -0.465 e. The zero-order valence-electron chi connectivity index (χ0n) is 21.8. The highest BCUT2D eigenvalue weighted by Gasteiger charge is 2.31. The first-order chi connectivity index (χ1) is 18.8. The molecule has 1 N–H and O–H groups in total. The monoisotopic (exact) mass is 579 g/mol. The maximum Gasteiger partial charge on any atom is 0.337 e. The highest BCUT2D eigenvalue weighted by Crippen LogP contribution is 2.33. The van der Waals surface area contributed by atoms with Crippen molar-refractivity contribution in [2.75, 3.05) is 19.0 Å². The second-order valence-corrected chi connectivity index (χ2v) is 11.9. The zero-order valence-corrected chi connectivity index (χ0v) is 24.2. The molecule has 1 aliphatic rings. The van der Waals surface area contributed by atoms with Crippen LogP contribution in [-0.2, 0) is 20.7 Å². The van der Waals surface area contributed by atoms with E-state index in [2.05, 4.69) is 41.5 Å². The number of hydrogen-bond acceptors (Lipinski definition) is 8. The van der Waals surface area contributed by atoms with Crippen LogP contribution < -0.4 is 5.32 Å². The number of thiazole rings is 1. The van der Waals surface area contributed by atoms with Crippen molar-refractivity contribution < 1.29 is 19.1 Å². The Morgan fingerprint density at radius 2 is 1.82 bits per heavy atom. The van der Waals surface area contributed by atoms with Crippen LogP contribution in [0.5, 0.6) is 0 Å². The molecule has 2 amide bonds. The Morgan fingerprint density at radius 3 is 2.54 bits per heavy atom. The Kier molecular flexibility index (Phi) is 10.0. The summed E-state index contributed by atoms with van der Waals surface area (Å²) in [6.45, 7) is 2.58. The van der Waals surface area contributed by atoms with E-state index in [1.54, 1.807) is 35.2 Å². The summed E-state index contributed by atoms with van der Waals surface area (Å²) in [4.78, 5) is 44.4. The Labute approximate surface area is 241 Å². The van der Waals surface area contributed by atoms with E-state index in [9.17, 15) is 14.4 Å². The standard InChI is InChI=1S/C29H29N3O4S3/c1-19-7-9-20(10-8-19)16-23-18-30-28(38-23)31-25(33)6-4-3-5-15-32-26(34)24(39-29(32)37)17-21-11-13-22(14-12-21)27(35)36-2/h7-14,17-18H,3-6,15-16H2,1-2H3,(H,30,31,33). The molecule has 7 nitrogen and oxygen atoms in total. The molecule has 0 unspecified atom stereocenters. The number of aromatic nitrogens is 1. The molecule has 0 spiro atoms. The fraction of sp³-hybridized carbons (Fsp3) is 0.276. The number of unbranched alkanes of at least 4 members (excludes halogenated alkanes) is 2. The summed E-state index contributed by atoms with van der Waals surface area (Å²) in [6, 6.07) is 15.3. The van der Waals surface area contributed by atoms with Crippen LogP contribution in [0.25, 0.3) is 6.08 Å². The Hall–Kier alpha value is -3.34. The van der Waals surface area contributed by atoms with Gasteiger partial charge < -0.3 is 10.1 Å². The Bertz CT molecular complexity index is 1380. The van der Waals surface area contributed by atoms with Crippen LogP contribution in [0.15, 0.2) is 59.6 Å². The lowest BCUT2D eigenvalue weighted by molar-refractivity contribution is -0.122. The van der Waals surface area contributed by atoms with Gasteiger partial charge in [0.25, 0.3) is 5.91 Å².